The number of likely N-dealkylation sites (tertiary alicyclic amines) is 1. The molecule has 0 atom stereocenters. The van der Waals surface area contributed by atoms with Crippen molar-refractivity contribution in [3.63, 3.8) is 0 Å². The van der Waals surface area contributed by atoms with Crippen LogP contribution in [0, 0.1) is 5.92 Å². The number of hydrogen-bond acceptors (Lipinski definition) is 1. The van der Waals surface area contributed by atoms with E-state index < -0.39 is 0 Å². The smallest absolute Gasteiger partial charge is 0.101 e. The van der Waals surface area contributed by atoms with Gasteiger partial charge in [-0.15, -0.1) is 0 Å². The van der Waals surface area contributed by atoms with Gasteiger partial charge in [-0.25, -0.2) is 0 Å². The van der Waals surface area contributed by atoms with Gasteiger partial charge in [0.15, 0.2) is 0 Å². The van der Waals surface area contributed by atoms with Crippen LogP contribution >= 0.6 is 0 Å². The number of rotatable bonds is 2. The van der Waals surface area contributed by atoms with Crippen molar-refractivity contribution in [2.45, 2.75) is 25.6 Å². The highest BCUT2D eigenvalue weighted by atomic mass is 15.1. The molecule has 0 spiro atoms. The van der Waals surface area contributed by atoms with E-state index >= 15 is 0 Å². The van der Waals surface area contributed by atoms with E-state index in [9.17, 15) is 0 Å². The average molecular weight is 139 g/mol. The minimum Gasteiger partial charge on any atom is -0.306 e. The van der Waals surface area contributed by atoms with Crippen molar-refractivity contribution in [2.75, 3.05) is 20.1 Å². The molecule has 0 aromatic rings. The minimum absolute atomic E-state index is 1.04. The summed E-state index contributed by atoms with van der Waals surface area (Å²) in [6.45, 7) is 2.65. The monoisotopic (exact) mass is 139 g/mol. The molecule has 1 heterocycles. The third-order valence-electron chi connectivity index (χ3n) is 2.54. The first-order chi connectivity index (χ1) is 4.83. The summed E-state index contributed by atoms with van der Waals surface area (Å²) in [5, 5.41) is 0. The Kier molecular flexibility index (Phi) is 3.27. The molecule has 0 bridgehead atoms. The lowest BCUT2D eigenvalue weighted by molar-refractivity contribution is 0.216. The Bertz CT molecular complexity index is 87.3. The van der Waals surface area contributed by atoms with E-state index in [2.05, 4.69) is 19.8 Å². The van der Waals surface area contributed by atoms with Gasteiger partial charge in [-0.2, -0.15) is 0 Å². The molecular formula is C8H18BN. The van der Waals surface area contributed by atoms with Gasteiger partial charge in [0.2, 0.25) is 0 Å². The molecule has 0 aromatic carbocycles. The molecule has 1 nitrogen and oxygen atoms in total. The van der Waals surface area contributed by atoms with E-state index in [0.29, 0.717) is 0 Å². The van der Waals surface area contributed by atoms with Gasteiger partial charge in [0.05, 0.1) is 0 Å². The van der Waals surface area contributed by atoms with Crippen molar-refractivity contribution in [3.8, 4) is 0 Å². The average Bonchev–Trinajstić information content (AvgIpc) is 1.95. The summed E-state index contributed by atoms with van der Waals surface area (Å²) in [7, 11) is 4.51. The second-order valence-corrected chi connectivity index (χ2v) is 3.54. The highest BCUT2D eigenvalue weighted by Crippen LogP contribution is 2.19. The molecule has 0 saturated carbocycles. The topological polar surface area (TPSA) is 3.24 Å². The van der Waals surface area contributed by atoms with Crippen LogP contribution in [-0.4, -0.2) is 32.9 Å². The van der Waals surface area contributed by atoms with Crippen LogP contribution < -0.4 is 0 Å². The first-order valence-corrected chi connectivity index (χ1v) is 4.51. The van der Waals surface area contributed by atoms with Gasteiger partial charge in [-0.1, -0.05) is 12.7 Å². The van der Waals surface area contributed by atoms with Gasteiger partial charge in [0, 0.05) is 0 Å². The second-order valence-electron chi connectivity index (χ2n) is 3.54. The van der Waals surface area contributed by atoms with E-state index in [1.807, 2.05) is 0 Å². The third-order valence-corrected chi connectivity index (χ3v) is 2.54. The van der Waals surface area contributed by atoms with Crippen LogP contribution in [0.2, 0.25) is 6.32 Å². The lowest BCUT2D eigenvalue weighted by Gasteiger charge is -2.28. The van der Waals surface area contributed by atoms with Crippen molar-refractivity contribution in [3.05, 3.63) is 0 Å². The highest BCUT2D eigenvalue weighted by Gasteiger charge is 2.14. The largest absolute Gasteiger partial charge is 0.306 e. The summed E-state index contributed by atoms with van der Waals surface area (Å²) in [5.74, 6) is 1.04. The maximum Gasteiger partial charge on any atom is 0.101 e. The van der Waals surface area contributed by atoms with Crippen molar-refractivity contribution < 1.29 is 0 Å². The Labute approximate surface area is 65.2 Å². The Balaban J connectivity index is 2.13. The maximum atomic E-state index is 2.44. The molecule has 58 valence electrons. The summed E-state index contributed by atoms with van der Waals surface area (Å²) in [6, 6.07) is 0. The fourth-order valence-corrected chi connectivity index (χ4v) is 1.76. The molecule has 1 saturated heterocycles. The van der Waals surface area contributed by atoms with Crippen LogP contribution in [0.5, 0.6) is 0 Å². The van der Waals surface area contributed by atoms with Gasteiger partial charge < -0.3 is 4.90 Å². The quantitative estimate of drug-likeness (QED) is 0.510. The fraction of sp³-hybridized carbons (Fsp3) is 1.00. The lowest BCUT2D eigenvalue weighted by atomic mass is 9.87. The van der Waals surface area contributed by atoms with Crippen LogP contribution in [0.25, 0.3) is 0 Å². The fourth-order valence-electron chi connectivity index (χ4n) is 1.76. The van der Waals surface area contributed by atoms with Crippen LogP contribution in [0.15, 0.2) is 0 Å². The van der Waals surface area contributed by atoms with E-state index in [1.165, 1.54) is 38.7 Å². The normalized spacial score (nSPS) is 23.3. The molecule has 1 aliphatic heterocycles. The first kappa shape index (κ1) is 8.12. The summed E-state index contributed by atoms with van der Waals surface area (Å²) in [5.41, 5.74) is 0. The van der Waals surface area contributed by atoms with Crippen LogP contribution in [0.1, 0.15) is 19.3 Å². The Morgan fingerprint density at radius 1 is 1.40 bits per heavy atom. The molecule has 0 aliphatic carbocycles. The van der Waals surface area contributed by atoms with Crippen molar-refractivity contribution >= 4 is 7.85 Å². The summed E-state index contributed by atoms with van der Waals surface area (Å²) >= 11 is 0. The summed E-state index contributed by atoms with van der Waals surface area (Å²) in [6.07, 6.45) is 5.69. The van der Waals surface area contributed by atoms with E-state index in [4.69, 9.17) is 0 Å². The predicted octanol–water partition coefficient (Wildman–Crippen LogP) is 0.770. The molecule has 1 aliphatic rings. The molecule has 0 unspecified atom stereocenters. The van der Waals surface area contributed by atoms with Gasteiger partial charge >= 0.3 is 0 Å². The highest BCUT2D eigenvalue weighted by molar-refractivity contribution is 6.08. The van der Waals surface area contributed by atoms with E-state index in [-0.39, 0.29) is 0 Å². The standard InChI is InChI=1S/C8H18BN/c1-10-6-3-8(2-5-9)4-7-10/h8H,2-7,9H2,1H3. The Morgan fingerprint density at radius 3 is 2.50 bits per heavy atom. The molecule has 0 N–H and O–H groups in total. The van der Waals surface area contributed by atoms with Gasteiger partial charge in [-0.3, -0.25) is 0 Å². The maximum absolute atomic E-state index is 2.44. The number of nitrogens with zero attached hydrogens (tertiary/aromatic N) is 1. The van der Waals surface area contributed by atoms with Gasteiger partial charge in [0.1, 0.15) is 7.85 Å². The lowest BCUT2D eigenvalue weighted by Crippen LogP contribution is -2.30. The molecule has 1 rings (SSSR count). The Hall–Kier alpha value is 0.0249. The molecular weight excluding hydrogens is 121 g/mol. The molecule has 0 radical (unpaired) electrons. The van der Waals surface area contributed by atoms with Crippen molar-refractivity contribution in [2.24, 2.45) is 5.92 Å². The second kappa shape index (κ2) is 4.02. The molecule has 2 heteroatoms. The predicted molar refractivity (Wildman–Crippen MR) is 48.2 cm³/mol. The molecule has 0 aromatic heterocycles. The third kappa shape index (κ3) is 2.33. The van der Waals surface area contributed by atoms with E-state index in [1.54, 1.807) is 0 Å². The zero-order valence-electron chi connectivity index (χ0n) is 7.27. The van der Waals surface area contributed by atoms with Crippen molar-refractivity contribution in [1.82, 2.24) is 4.90 Å². The zero-order valence-corrected chi connectivity index (χ0v) is 7.27. The number of hydrogen-bond donors (Lipinski definition) is 0. The van der Waals surface area contributed by atoms with Crippen LogP contribution in [0.4, 0.5) is 0 Å². The van der Waals surface area contributed by atoms with Crippen LogP contribution in [-0.2, 0) is 0 Å². The number of piperidine rings is 1. The zero-order chi connectivity index (χ0) is 7.40. The molecule has 1 fully saturated rings. The van der Waals surface area contributed by atoms with Gasteiger partial charge in [0.25, 0.3) is 0 Å². The van der Waals surface area contributed by atoms with Gasteiger partial charge in [-0.05, 0) is 38.9 Å². The minimum atomic E-state index is 1.04. The Morgan fingerprint density at radius 2 is 2.00 bits per heavy atom. The molecule has 0 amide bonds. The van der Waals surface area contributed by atoms with E-state index in [0.717, 1.165) is 5.92 Å². The summed E-state index contributed by atoms with van der Waals surface area (Å²) in [4.78, 5) is 2.44. The van der Waals surface area contributed by atoms with Crippen LogP contribution in [0.3, 0.4) is 0 Å². The molecule has 10 heavy (non-hydrogen) atoms. The van der Waals surface area contributed by atoms with Crippen molar-refractivity contribution in [1.29, 1.82) is 0 Å². The summed E-state index contributed by atoms with van der Waals surface area (Å²) < 4.78 is 0. The first-order valence-electron chi connectivity index (χ1n) is 4.51. The SMILES string of the molecule is BCCC1CCN(C)CC1.